The zero-order valence-electron chi connectivity index (χ0n) is 12.7. The minimum Gasteiger partial charge on any atom is -0.273 e. The summed E-state index contributed by atoms with van der Waals surface area (Å²) in [6, 6.07) is 19.6. The van der Waals surface area contributed by atoms with Gasteiger partial charge in [-0.1, -0.05) is 74.3 Å². The highest BCUT2D eigenvalue weighted by atomic mass is 79.9. The maximum absolute atomic E-state index is 12.1. The van der Waals surface area contributed by atoms with Crippen molar-refractivity contribution in [2.24, 2.45) is 5.10 Å². The molecular formula is C19H14Br2N2O. The molecule has 3 aromatic rings. The van der Waals surface area contributed by atoms with E-state index in [0.29, 0.717) is 0 Å². The molecule has 0 aliphatic heterocycles. The van der Waals surface area contributed by atoms with Crippen LogP contribution in [0.25, 0.3) is 10.8 Å². The largest absolute Gasteiger partial charge is 0.273 e. The van der Waals surface area contributed by atoms with Crippen LogP contribution in [0.1, 0.15) is 11.1 Å². The highest BCUT2D eigenvalue weighted by Crippen LogP contribution is 2.27. The molecule has 0 fully saturated rings. The first kappa shape index (κ1) is 16.9. The first-order valence-electron chi connectivity index (χ1n) is 7.37. The number of fused-ring (bicyclic) bond motifs is 1. The minimum absolute atomic E-state index is 0.143. The quantitative estimate of drug-likeness (QED) is 0.442. The Morgan fingerprint density at radius 1 is 0.958 bits per heavy atom. The second kappa shape index (κ2) is 7.73. The molecule has 120 valence electrons. The Kier molecular flexibility index (Phi) is 5.43. The molecule has 0 aliphatic rings. The molecule has 5 heteroatoms. The van der Waals surface area contributed by atoms with Crippen molar-refractivity contribution in [2.75, 3.05) is 0 Å². The smallest absolute Gasteiger partial charge is 0.244 e. The summed E-state index contributed by atoms with van der Waals surface area (Å²) >= 11 is 6.92. The molecule has 0 unspecified atom stereocenters. The molecule has 0 spiro atoms. The molecule has 0 heterocycles. The van der Waals surface area contributed by atoms with Gasteiger partial charge in [0.05, 0.1) is 12.6 Å². The zero-order valence-corrected chi connectivity index (χ0v) is 15.8. The lowest BCUT2D eigenvalue weighted by atomic mass is 10.0. The fourth-order valence-corrected chi connectivity index (χ4v) is 3.16. The van der Waals surface area contributed by atoms with E-state index in [0.717, 1.165) is 30.8 Å². The Bertz CT molecular complexity index is 905. The molecule has 24 heavy (non-hydrogen) atoms. The molecule has 0 saturated carbocycles. The van der Waals surface area contributed by atoms with Crippen LogP contribution >= 0.6 is 31.9 Å². The van der Waals surface area contributed by atoms with E-state index >= 15 is 0 Å². The third-order valence-corrected chi connectivity index (χ3v) is 4.81. The van der Waals surface area contributed by atoms with Gasteiger partial charge in [0, 0.05) is 8.95 Å². The molecule has 3 aromatic carbocycles. The molecule has 0 aromatic heterocycles. The normalized spacial score (nSPS) is 11.1. The topological polar surface area (TPSA) is 41.5 Å². The lowest BCUT2D eigenvalue weighted by molar-refractivity contribution is -0.120. The van der Waals surface area contributed by atoms with Crippen molar-refractivity contribution < 1.29 is 4.79 Å². The van der Waals surface area contributed by atoms with E-state index in [1.54, 1.807) is 6.21 Å². The maximum atomic E-state index is 12.1. The van der Waals surface area contributed by atoms with Crippen LogP contribution < -0.4 is 5.43 Å². The van der Waals surface area contributed by atoms with Crippen LogP contribution in [-0.4, -0.2) is 12.1 Å². The minimum atomic E-state index is -0.143. The number of hydrogen-bond donors (Lipinski definition) is 1. The standard InChI is InChI=1S/C19H14Br2N2O/c20-15-8-5-13(6-9-15)12-22-23-19(24)11-14-7-10-18(21)17-4-2-1-3-16(14)17/h1-10,12H,11H2,(H,23,24)/b22-12+. The lowest BCUT2D eigenvalue weighted by Gasteiger charge is -2.07. The summed E-state index contributed by atoms with van der Waals surface area (Å²) in [5.41, 5.74) is 4.48. The predicted molar refractivity (Wildman–Crippen MR) is 105 cm³/mol. The van der Waals surface area contributed by atoms with Crippen molar-refractivity contribution in [3.63, 3.8) is 0 Å². The first-order chi connectivity index (χ1) is 11.6. The monoisotopic (exact) mass is 444 g/mol. The summed E-state index contributed by atoms with van der Waals surface area (Å²) in [6.07, 6.45) is 1.91. The molecule has 0 bridgehead atoms. The summed E-state index contributed by atoms with van der Waals surface area (Å²) in [7, 11) is 0. The van der Waals surface area contributed by atoms with Crippen LogP contribution in [0, 0.1) is 0 Å². The Morgan fingerprint density at radius 3 is 2.42 bits per heavy atom. The van der Waals surface area contributed by atoms with Crippen LogP contribution in [0.3, 0.4) is 0 Å². The van der Waals surface area contributed by atoms with E-state index in [-0.39, 0.29) is 12.3 Å². The number of nitrogens with one attached hydrogen (secondary N) is 1. The summed E-state index contributed by atoms with van der Waals surface area (Å²) < 4.78 is 2.03. The van der Waals surface area contributed by atoms with Gasteiger partial charge in [0.15, 0.2) is 0 Å². The van der Waals surface area contributed by atoms with E-state index in [9.17, 15) is 4.79 Å². The number of halogens is 2. The van der Waals surface area contributed by atoms with Crippen LogP contribution in [0.2, 0.25) is 0 Å². The highest BCUT2D eigenvalue weighted by Gasteiger charge is 2.08. The number of rotatable bonds is 4. The van der Waals surface area contributed by atoms with Gasteiger partial charge in [-0.3, -0.25) is 4.79 Å². The van der Waals surface area contributed by atoms with Gasteiger partial charge in [0.25, 0.3) is 0 Å². The van der Waals surface area contributed by atoms with Gasteiger partial charge in [-0.25, -0.2) is 5.43 Å². The Hall–Kier alpha value is -1.98. The maximum Gasteiger partial charge on any atom is 0.244 e. The van der Waals surface area contributed by atoms with Crippen LogP contribution in [0.4, 0.5) is 0 Å². The summed E-state index contributed by atoms with van der Waals surface area (Å²) in [5, 5.41) is 6.18. The van der Waals surface area contributed by atoms with Gasteiger partial charge in [0.1, 0.15) is 0 Å². The first-order valence-corrected chi connectivity index (χ1v) is 8.96. The number of hydrazone groups is 1. The van der Waals surface area contributed by atoms with Crippen LogP contribution in [0.5, 0.6) is 0 Å². The molecule has 0 atom stereocenters. The summed E-state index contributed by atoms with van der Waals surface area (Å²) in [5.74, 6) is -0.143. The fraction of sp³-hybridized carbons (Fsp3) is 0.0526. The Labute approximate surface area is 157 Å². The zero-order chi connectivity index (χ0) is 16.9. The van der Waals surface area contributed by atoms with Gasteiger partial charge in [-0.15, -0.1) is 0 Å². The van der Waals surface area contributed by atoms with Crippen molar-refractivity contribution in [3.8, 4) is 0 Å². The van der Waals surface area contributed by atoms with Gasteiger partial charge in [-0.2, -0.15) is 5.10 Å². The number of benzene rings is 3. The average Bonchev–Trinajstić information content (AvgIpc) is 2.59. The third kappa shape index (κ3) is 4.10. The van der Waals surface area contributed by atoms with Crippen molar-refractivity contribution in [2.45, 2.75) is 6.42 Å². The van der Waals surface area contributed by atoms with E-state index in [1.165, 1.54) is 0 Å². The number of hydrogen-bond acceptors (Lipinski definition) is 2. The molecule has 3 nitrogen and oxygen atoms in total. The summed E-state index contributed by atoms with van der Waals surface area (Å²) in [6.45, 7) is 0. The molecule has 3 rings (SSSR count). The predicted octanol–water partition coefficient (Wildman–Crippen LogP) is 5.06. The lowest BCUT2D eigenvalue weighted by Crippen LogP contribution is -2.19. The van der Waals surface area contributed by atoms with Gasteiger partial charge < -0.3 is 0 Å². The number of nitrogens with zero attached hydrogens (tertiary/aromatic N) is 1. The molecule has 0 radical (unpaired) electrons. The Balaban J connectivity index is 1.69. The fourth-order valence-electron chi connectivity index (χ4n) is 2.42. The van der Waals surface area contributed by atoms with Crippen LogP contribution in [-0.2, 0) is 11.2 Å². The van der Waals surface area contributed by atoms with Gasteiger partial charge in [-0.05, 0) is 40.1 Å². The second-order valence-corrected chi connectivity index (χ2v) is 7.04. The number of amides is 1. The van der Waals surface area contributed by atoms with E-state index in [1.807, 2.05) is 60.7 Å². The molecule has 1 N–H and O–H groups in total. The number of carbonyl (C=O) groups excluding carboxylic acids is 1. The van der Waals surface area contributed by atoms with Gasteiger partial charge >= 0.3 is 0 Å². The SMILES string of the molecule is O=C(Cc1ccc(Br)c2ccccc12)N/N=C/c1ccc(Br)cc1. The highest BCUT2D eigenvalue weighted by molar-refractivity contribution is 9.11. The average molecular weight is 446 g/mol. The molecule has 0 saturated heterocycles. The van der Waals surface area contributed by atoms with E-state index in [2.05, 4.69) is 42.4 Å². The summed E-state index contributed by atoms with van der Waals surface area (Å²) in [4.78, 5) is 12.1. The Morgan fingerprint density at radius 2 is 1.67 bits per heavy atom. The van der Waals surface area contributed by atoms with Crippen molar-refractivity contribution >= 4 is 54.8 Å². The van der Waals surface area contributed by atoms with Crippen molar-refractivity contribution in [1.82, 2.24) is 5.43 Å². The molecule has 0 aliphatic carbocycles. The van der Waals surface area contributed by atoms with Gasteiger partial charge in [0.2, 0.25) is 5.91 Å². The van der Waals surface area contributed by atoms with Crippen molar-refractivity contribution in [1.29, 1.82) is 0 Å². The molecular weight excluding hydrogens is 432 g/mol. The third-order valence-electron chi connectivity index (χ3n) is 3.59. The van der Waals surface area contributed by atoms with E-state index in [4.69, 9.17) is 0 Å². The number of carbonyl (C=O) groups is 1. The second-order valence-electron chi connectivity index (χ2n) is 5.27. The van der Waals surface area contributed by atoms with E-state index < -0.39 is 0 Å². The van der Waals surface area contributed by atoms with Crippen LogP contribution in [0.15, 0.2) is 74.7 Å². The molecule has 1 amide bonds. The van der Waals surface area contributed by atoms with Crippen molar-refractivity contribution in [3.05, 3.63) is 80.7 Å².